The summed E-state index contributed by atoms with van der Waals surface area (Å²) in [6.45, 7) is 0.310. The minimum absolute atomic E-state index is 0.0272. The van der Waals surface area contributed by atoms with Crippen LogP contribution in [0.15, 0.2) is 72.8 Å². The van der Waals surface area contributed by atoms with Gasteiger partial charge in [-0.05, 0) is 41.8 Å². The number of anilines is 1. The molecule has 0 radical (unpaired) electrons. The number of hydrogen-bond donors (Lipinski definition) is 1. The number of hydrogen-bond acceptors (Lipinski definition) is 6. The molecular formula is C29H32ClN3O6S. The van der Waals surface area contributed by atoms with Crippen molar-refractivity contribution in [1.29, 1.82) is 0 Å². The van der Waals surface area contributed by atoms with Crippen LogP contribution >= 0.6 is 11.6 Å². The van der Waals surface area contributed by atoms with Crippen molar-refractivity contribution >= 4 is 39.1 Å². The third kappa shape index (κ3) is 7.45. The molecule has 9 nitrogen and oxygen atoms in total. The van der Waals surface area contributed by atoms with Crippen LogP contribution in [0.4, 0.5) is 5.69 Å². The first-order valence-corrected chi connectivity index (χ1v) is 15.0. The summed E-state index contributed by atoms with van der Waals surface area (Å²) in [7, 11) is -2.11. The zero-order valence-corrected chi connectivity index (χ0v) is 24.0. The van der Waals surface area contributed by atoms with Gasteiger partial charge in [0.25, 0.3) is 0 Å². The van der Waals surface area contributed by atoms with E-state index in [0.29, 0.717) is 28.6 Å². The highest BCUT2D eigenvalue weighted by Crippen LogP contribution is 2.36. The minimum Gasteiger partial charge on any atom is -0.454 e. The molecule has 0 unspecified atom stereocenters. The second-order valence-corrected chi connectivity index (χ2v) is 11.8. The molecule has 4 rings (SSSR count). The number of amides is 2. The number of halogens is 1. The fourth-order valence-corrected chi connectivity index (χ4v) is 5.77. The molecule has 1 N–H and O–H groups in total. The Kier molecular flexibility index (Phi) is 9.54. The summed E-state index contributed by atoms with van der Waals surface area (Å²) in [5, 5.41) is 3.21. The third-order valence-electron chi connectivity index (χ3n) is 6.56. The molecule has 0 aliphatic carbocycles. The van der Waals surface area contributed by atoms with Crippen molar-refractivity contribution in [3.8, 4) is 11.5 Å². The quantitative estimate of drug-likeness (QED) is 0.344. The summed E-state index contributed by atoms with van der Waals surface area (Å²) in [5.74, 6) is 0.438. The Hall–Kier alpha value is -3.76. The molecule has 3 aromatic rings. The lowest BCUT2D eigenvalue weighted by molar-refractivity contribution is -0.141. The number of benzene rings is 3. The van der Waals surface area contributed by atoms with Crippen molar-refractivity contribution in [2.75, 3.05) is 30.9 Å². The molecule has 1 aliphatic rings. The van der Waals surface area contributed by atoms with Gasteiger partial charge < -0.3 is 19.7 Å². The van der Waals surface area contributed by atoms with E-state index in [4.69, 9.17) is 21.1 Å². The highest BCUT2D eigenvalue weighted by Gasteiger charge is 2.30. The van der Waals surface area contributed by atoms with E-state index >= 15 is 0 Å². The number of nitrogens with one attached hydrogen (secondary N) is 1. The molecule has 1 atom stereocenters. The Labute approximate surface area is 239 Å². The number of ether oxygens (including phenoxy) is 2. The maximum atomic E-state index is 13.7. The molecule has 212 valence electrons. The van der Waals surface area contributed by atoms with Crippen molar-refractivity contribution < 1.29 is 27.5 Å². The van der Waals surface area contributed by atoms with Gasteiger partial charge in [-0.2, -0.15) is 0 Å². The SMILES string of the molecule is CNC(=O)[C@@H](Cc1ccccc1)N(Cc1cccc(Cl)c1)C(=O)CCCN(c1ccc2c(c1)OCO2)S(C)(=O)=O. The van der Waals surface area contributed by atoms with Gasteiger partial charge in [0, 0.05) is 44.1 Å². The van der Waals surface area contributed by atoms with Gasteiger partial charge in [0.15, 0.2) is 11.5 Å². The molecule has 11 heteroatoms. The number of nitrogens with zero attached hydrogens (tertiary/aromatic N) is 2. The third-order valence-corrected chi connectivity index (χ3v) is 7.98. The summed E-state index contributed by atoms with van der Waals surface area (Å²) in [5.41, 5.74) is 2.11. The summed E-state index contributed by atoms with van der Waals surface area (Å²) >= 11 is 6.20. The first-order valence-electron chi connectivity index (χ1n) is 12.8. The summed E-state index contributed by atoms with van der Waals surface area (Å²) < 4.78 is 37.3. The van der Waals surface area contributed by atoms with Crippen LogP contribution in [0.3, 0.4) is 0 Å². The fraction of sp³-hybridized carbons (Fsp3) is 0.310. The normalized spacial score (nSPS) is 13.0. The maximum absolute atomic E-state index is 13.7. The molecular weight excluding hydrogens is 554 g/mol. The average Bonchev–Trinajstić information content (AvgIpc) is 3.40. The van der Waals surface area contributed by atoms with Crippen LogP contribution in [0.2, 0.25) is 5.02 Å². The largest absolute Gasteiger partial charge is 0.454 e. The average molecular weight is 586 g/mol. The fourth-order valence-electron chi connectivity index (χ4n) is 4.60. The monoisotopic (exact) mass is 585 g/mol. The van der Waals surface area contributed by atoms with Crippen LogP contribution in [0, 0.1) is 0 Å². The molecule has 0 saturated heterocycles. The molecule has 3 aromatic carbocycles. The summed E-state index contributed by atoms with van der Waals surface area (Å²) in [4.78, 5) is 28.3. The van der Waals surface area contributed by atoms with Crippen LogP contribution < -0.4 is 19.1 Å². The lowest BCUT2D eigenvalue weighted by atomic mass is 10.0. The lowest BCUT2D eigenvalue weighted by Gasteiger charge is -2.31. The first kappa shape index (κ1) is 29.2. The van der Waals surface area contributed by atoms with Gasteiger partial charge in [-0.15, -0.1) is 0 Å². The van der Waals surface area contributed by atoms with Crippen molar-refractivity contribution in [2.24, 2.45) is 0 Å². The molecule has 0 bridgehead atoms. The van der Waals surface area contributed by atoms with Gasteiger partial charge in [-0.1, -0.05) is 54.1 Å². The summed E-state index contributed by atoms with van der Waals surface area (Å²) in [6.07, 6.45) is 1.70. The van der Waals surface area contributed by atoms with Gasteiger partial charge in [0.05, 0.1) is 11.9 Å². The van der Waals surface area contributed by atoms with E-state index in [1.807, 2.05) is 36.4 Å². The number of sulfonamides is 1. The predicted octanol–water partition coefficient (Wildman–Crippen LogP) is 4.00. The summed E-state index contributed by atoms with van der Waals surface area (Å²) in [6, 6.07) is 20.8. The second kappa shape index (κ2) is 13.1. The Morgan fingerprint density at radius 3 is 2.40 bits per heavy atom. The number of fused-ring (bicyclic) bond motifs is 1. The zero-order valence-electron chi connectivity index (χ0n) is 22.4. The zero-order chi connectivity index (χ0) is 28.7. The molecule has 2 amide bonds. The van der Waals surface area contributed by atoms with Crippen molar-refractivity contribution in [3.05, 3.63) is 88.9 Å². The Morgan fingerprint density at radius 2 is 1.70 bits per heavy atom. The van der Waals surface area contributed by atoms with Crippen LogP contribution in [0.1, 0.15) is 24.0 Å². The minimum atomic E-state index is -3.65. The molecule has 0 aromatic heterocycles. The van der Waals surface area contributed by atoms with E-state index in [0.717, 1.165) is 17.4 Å². The van der Waals surface area contributed by atoms with Crippen LogP contribution in [-0.2, 0) is 32.6 Å². The van der Waals surface area contributed by atoms with E-state index in [1.165, 1.54) is 11.4 Å². The topological polar surface area (TPSA) is 105 Å². The Morgan fingerprint density at radius 1 is 0.975 bits per heavy atom. The van der Waals surface area contributed by atoms with Gasteiger partial charge in [0.2, 0.25) is 28.6 Å². The Bertz CT molecular complexity index is 1450. The highest BCUT2D eigenvalue weighted by molar-refractivity contribution is 7.92. The van der Waals surface area contributed by atoms with Crippen LogP contribution in [0.25, 0.3) is 0 Å². The lowest BCUT2D eigenvalue weighted by Crippen LogP contribution is -2.49. The predicted molar refractivity (Wildman–Crippen MR) is 154 cm³/mol. The van der Waals surface area contributed by atoms with Gasteiger partial charge in [-0.3, -0.25) is 13.9 Å². The number of likely N-dealkylation sites (N-methyl/N-ethyl adjacent to an activating group) is 1. The molecule has 1 heterocycles. The van der Waals surface area contributed by atoms with Gasteiger partial charge >= 0.3 is 0 Å². The molecule has 0 spiro atoms. The van der Waals surface area contributed by atoms with Gasteiger partial charge in [0.1, 0.15) is 6.04 Å². The van der Waals surface area contributed by atoms with Gasteiger partial charge in [-0.25, -0.2) is 8.42 Å². The van der Waals surface area contributed by atoms with E-state index in [9.17, 15) is 18.0 Å². The van der Waals surface area contributed by atoms with Crippen LogP contribution in [0.5, 0.6) is 11.5 Å². The molecule has 40 heavy (non-hydrogen) atoms. The number of carbonyl (C=O) groups is 2. The number of carbonyl (C=O) groups excluding carboxylic acids is 2. The van der Waals surface area contributed by atoms with Crippen molar-refractivity contribution in [2.45, 2.75) is 31.8 Å². The standard InChI is InChI=1S/C29H32ClN3O6S/c1-31-29(35)25(17-21-8-4-3-5-9-21)32(19-22-10-6-11-23(30)16-22)28(34)12-7-15-33(40(2,36)37)24-13-14-26-27(18-24)39-20-38-26/h3-6,8-11,13-14,16,18,25H,7,12,15,17,19-20H2,1-2H3,(H,31,35)/t25-/m1/s1. The first-order chi connectivity index (χ1) is 19.2. The second-order valence-electron chi connectivity index (χ2n) is 9.45. The number of rotatable bonds is 12. The van der Waals surface area contributed by atoms with E-state index in [1.54, 1.807) is 41.3 Å². The smallest absolute Gasteiger partial charge is 0.242 e. The highest BCUT2D eigenvalue weighted by atomic mass is 35.5. The van der Waals surface area contributed by atoms with Crippen molar-refractivity contribution in [1.82, 2.24) is 10.2 Å². The molecule has 1 aliphatic heterocycles. The maximum Gasteiger partial charge on any atom is 0.242 e. The van der Waals surface area contributed by atoms with Crippen LogP contribution in [-0.4, -0.2) is 57.8 Å². The van der Waals surface area contributed by atoms with E-state index in [-0.39, 0.29) is 44.5 Å². The molecule has 0 saturated carbocycles. The van der Waals surface area contributed by atoms with E-state index < -0.39 is 16.1 Å². The van der Waals surface area contributed by atoms with Crippen molar-refractivity contribution in [3.63, 3.8) is 0 Å². The van der Waals surface area contributed by atoms with E-state index in [2.05, 4.69) is 5.32 Å². The molecule has 0 fully saturated rings. The Balaban J connectivity index is 1.55.